The van der Waals surface area contributed by atoms with Crippen molar-refractivity contribution in [2.75, 3.05) is 13.1 Å². The summed E-state index contributed by atoms with van der Waals surface area (Å²) in [7, 11) is -4.45. The first-order chi connectivity index (χ1) is 21.8. The lowest BCUT2D eigenvalue weighted by Gasteiger charge is -2.33. The zero-order chi connectivity index (χ0) is 34.7. The second kappa shape index (κ2) is 13.3. The molecule has 0 aliphatic carbocycles. The number of hydrogen-bond donors (Lipinski definition) is 1. The van der Waals surface area contributed by atoms with Crippen molar-refractivity contribution in [2.45, 2.75) is 63.7 Å². The highest BCUT2D eigenvalue weighted by Crippen LogP contribution is 2.33. The normalized spacial score (nSPS) is 15.0. The van der Waals surface area contributed by atoms with Crippen molar-refractivity contribution in [3.8, 4) is 16.9 Å². The summed E-state index contributed by atoms with van der Waals surface area (Å²) in [5.74, 6) is 0. The SMILES string of the molecule is Cc1ccc(-c2cc(C(F)(F)F)nn2-c2ccc(S(=O)(=O)NC(=O)OC3CN(/[N+]([O-])=N\OC(C)OC(=O)OC(C)(C)C)C3)cc2)cc1. The number of ether oxygens (including phenoxy) is 3. The molecule has 0 saturated carbocycles. The van der Waals surface area contributed by atoms with Crippen molar-refractivity contribution in [3.05, 3.63) is 71.1 Å². The van der Waals surface area contributed by atoms with Crippen LogP contribution in [0.15, 0.2) is 64.8 Å². The van der Waals surface area contributed by atoms with Gasteiger partial charge in [-0.2, -0.15) is 18.3 Å². The highest BCUT2D eigenvalue weighted by molar-refractivity contribution is 7.90. The van der Waals surface area contributed by atoms with E-state index in [9.17, 15) is 36.4 Å². The van der Waals surface area contributed by atoms with Gasteiger partial charge in [-0.05, 0) is 58.0 Å². The lowest BCUT2D eigenvalue weighted by Crippen LogP contribution is -2.56. The van der Waals surface area contributed by atoms with Crippen molar-refractivity contribution in [1.29, 1.82) is 0 Å². The fourth-order valence-corrected chi connectivity index (χ4v) is 4.86. The molecule has 15 nitrogen and oxygen atoms in total. The molecule has 1 amide bonds. The maximum Gasteiger partial charge on any atom is 0.511 e. The van der Waals surface area contributed by atoms with Crippen LogP contribution in [-0.4, -0.2) is 71.5 Å². The molecule has 2 aromatic carbocycles. The molecule has 4 rings (SSSR count). The molecule has 1 aliphatic rings. The number of carbonyl (C=O) groups excluding carboxylic acids is 2. The molecule has 1 fully saturated rings. The molecule has 2 heterocycles. The molecule has 0 spiro atoms. The second-order valence-corrected chi connectivity index (χ2v) is 13.0. The van der Waals surface area contributed by atoms with Crippen molar-refractivity contribution < 1.29 is 55.2 Å². The first-order valence-electron chi connectivity index (χ1n) is 13.9. The van der Waals surface area contributed by atoms with E-state index in [-0.39, 0.29) is 34.3 Å². The van der Waals surface area contributed by atoms with Gasteiger partial charge in [-0.15, -0.1) is 5.01 Å². The van der Waals surface area contributed by atoms with Gasteiger partial charge in [0.1, 0.15) is 24.8 Å². The van der Waals surface area contributed by atoms with Crippen molar-refractivity contribution in [1.82, 2.24) is 19.5 Å². The number of alkyl halides is 3. The molecular formula is C28H31F3N6O9S. The Balaban J connectivity index is 1.33. The summed E-state index contributed by atoms with van der Waals surface area (Å²) in [6, 6.07) is 12.3. The fourth-order valence-electron chi connectivity index (χ4n) is 3.98. The summed E-state index contributed by atoms with van der Waals surface area (Å²) in [4.78, 5) is 28.3. The van der Waals surface area contributed by atoms with Gasteiger partial charge in [-0.1, -0.05) is 29.8 Å². The highest BCUT2D eigenvalue weighted by atomic mass is 32.2. The summed E-state index contributed by atoms with van der Waals surface area (Å²) < 4.78 is 83.6. The Morgan fingerprint density at radius 2 is 1.70 bits per heavy atom. The number of nitrogens with zero attached hydrogens (tertiary/aromatic N) is 5. The van der Waals surface area contributed by atoms with E-state index in [1.807, 2.05) is 6.92 Å². The maximum absolute atomic E-state index is 13.5. The molecule has 1 saturated heterocycles. The van der Waals surface area contributed by atoms with E-state index in [2.05, 4.69) is 10.4 Å². The van der Waals surface area contributed by atoms with Crippen LogP contribution in [0.5, 0.6) is 0 Å². The summed E-state index contributed by atoms with van der Waals surface area (Å²) in [5, 5.41) is 20.0. The van der Waals surface area contributed by atoms with Crippen molar-refractivity contribution in [2.24, 2.45) is 5.28 Å². The van der Waals surface area contributed by atoms with E-state index in [1.54, 1.807) is 49.8 Å². The average molecular weight is 685 g/mol. The van der Waals surface area contributed by atoms with Gasteiger partial charge in [0.05, 0.1) is 21.2 Å². The summed E-state index contributed by atoms with van der Waals surface area (Å²) in [6.45, 7) is 7.69. The topological polar surface area (TPSA) is 177 Å². The fraction of sp³-hybridized carbons (Fsp3) is 0.393. The molecule has 1 unspecified atom stereocenters. The van der Waals surface area contributed by atoms with Crippen molar-refractivity contribution >= 4 is 22.3 Å². The number of carbonyl (C=O) groups is 2. The van der Waals surface area contributed by atoms with Gasteiger partial charge >= 0.3 is 18.4 Å². The Labute approximate surface area is 267 Å². The number of rotatable bonds is 9. The Bertz CT molecular complexity index is 1730. The second-order valence-electron chi connectivity index (χ2n) is 11.3. The van der Waals surface area contributed by atoms with Gasteiger partial charge in [0.2, 0.25) is 5.28 Å². The van der Waals surface area contributed by atoms with Crippen LogP contribution in [0.2, 0.25) is 0 Å². The van der Waals surface area contributed by atoms with Crippen molar-refractivity contribution in [3.63, 3.8) is 0 Å². The number of aryl methyl sites for hydroxylation is 1. The number of nitrogens with one attached hydrogen (secondary N) is 1. The maximum atomic E-state index is 13.5. The molecule has 254 valence electrons. The molecule has 1 aromatic heterocycles. The zero-order valence-corrected chi connectivity index (χ0v) is 26.5. The van der Waals surface area contributed by atoms with Gasteiger partial charge in [-0.25, -0.2) is 27.4 Å². The quantitative estimate of drug-likeness (QED) is 0.105. The molecule has 0 radical (unpaired) electrons. The number of hydrazine groups is 1. The molecule has 3 aromatic rings. The van der Waals surface area contributed by atoms with Gasteiger partial charge in [0.25, 0.3) is 16.3 Å². The van der Waals surface area contributed by atoms with E-state index < -0.39 is 52.1 Å². The standard InChI is InChI=1S/C28H31F3N6O9S/c1-17-6-8-19(9-7-17)23-14-24(28(29,30)31)32-36(23)20-10-12-22(13-11-20)47(41,42)33-25(38)44-21-15-35(16-21)37(40)34-46-18(2)43-26(39)45-27(3,4)5/h6-14,18,21H,15-16H2,1-5H3,(H,33,38)/b37-34+. The van der Waals surface area contributed by atoms with Crippen LogP contribution >= 0.6 is 0 Å². The predicted octanol–water partition coefficient (Wildman–Crippen LogP) is 5.07. The van der Waals surface area contributed by atoms with Crippen LogP contribution in [0.25, 0.3) is 16.9 Å². The summed E-state index contributed by atoms with van der Waals surface area (Å²) >= 11 is 0. The van der Waals surface area contributed by atoms with E-state index in [0.717, 1.165) is 33.5 Å². The lowest BCUT2D eigenvalue weighted by atomic mass is 10.1. The number of sulfonamides is 1. The van der Waals surface area contributed by atoms with Crippen LogP contribution in [-0.2, 0) is 35.2 Å². The smallest absolute Gasteiger partial charge is 0.511 e. The third-order valence-electron chi connectivity index (χ3n) is 6.22. The Hall–Kier alpha value is -5.07. The van der Waals surface area contributed by atoms with Crippen LogP contribution in [0.1, 0.15) is 39.0 Å². The van der Waals surface area contributed by atoms with E-state index >= 15 is 0 Å². The number of hydrogen-bond acceptors (Lipinski definition) is 11. The Morgan fingerprint density at radius 3 is 2.28 bits per heavy atom. The van der Waals surface area contributed by atoms with Crippen LogP contribution < -0.4 is 4.72 Å². The first kappa shape index (κ1) is 34.8. The third-order valence-corrected chi connectivity index (χ3v) is 7.55. The van der Waals surface area contributed by atoms with Gasteiger partial charge < -0.3 is 19.4 Å². The predicted molar refractivity (Wildman–Crippen MR) is 155 cm³/mol. The lowest BCUT2D eigenvalue weighted by molar-refractivity contribution is -0.728. The first-order valence-corrected chi connectivity index (χ1v) is 15.4. The zero-order valence-electron chi connectivity index (χ0n) is 25.7. The summed E-state index contributed by atoms with van der Waals surface area (Å²) in [6.07, 6.45) is -9.21. The van der Waals surface area contributed by atoms with Gasteiger partial charge in [-0.3, -0.25) is 4.84 Å². The number of halogens is 3. The molecule has 1 N–H and O–H groups in total. The molecular weight excluding hydrogens is 653 g/mol. The molecule has 0 bridgehead atoms. The van der Waals surface area contributed by atoms with Gasteiger partial charge in [0.15, 0.2) is 5.69 Å². The molecule has 1 aliphatic heterocycles. The van der Waals surface area contributed by atoms with Crippen LogP contribution in [0.3, 0.4) is 0 Å². The number of amides is 1. The molecule has 47 heavy (non-hydrogen) atoms. The van der Waals surface area contributed by atoms with E-state index in [0.29, 0.717) is 5.56 Å². The minimum atomic E-state index is -4.72. The Morgan fingerprint density at radius 1 is 1.09 bits per heavy atom. The summed E-state index contributed by atoms with van der Waals surface area (Å²) in [5.41, 5.74) is -0.317. The van der Waals surface area contributed by atoms with Crippen LogP contribution in [0, 0.1) is 12.1 Å². The molecule has 1 atom stereocenters. The van der Waals surface area contributed by atoms with E-state index in [4.69, 9.17) is 19.0 Å². The number of aromatic nitrogens is 2. The van der Waals surface area contributed by atoms with E-state index in [1.165, 1.54) is 19.1 Å². The average Bonchev–Trinajstić information content (AvgIpc) is 3.39. The van der Waals surface area contributed by atoms with Crippen LogP contribution in [0.4, 0.5) is 22.8 Å². The minimum Gasteiger partial charge on any atom is -0.569 e. The van der Waals surface area contributed by atoms with Gasteiger partial charge in [0, 0.05) is 12.5 Å². The largest absolute Gasteiger partial charge is 0.569 e. The number of benzene rings is 2. The monoisotopic (exact) mass is 684 g/mol. The third kappa shape index (κ3) is 9.24. The Kier molecular flexibility index (Phi) is 9.88. The minimum absolute atomic E-state index is 0.0343. The highest BCUT2D eigenvalue weighted by Gasteiger charge is 2.38. The molecule has 19 heteroatoms.